The van der Waals surface area contributed by atoms with Gasteiger partial charge in [-0.1, -0.05) is 16.8 Å². The van der Waals surface area contributed by atoms with Crippen LogP contribution in [0.25, 0.3) is 17.1 Å². The fraction of sp³-hybridized carbons (Fsp3) is 0.261. The second kappa shape index (κ2) is 8.67. The number of hydrogen-bond donors (Lipinski definition) is 0. The molecule has 2 aromatic carbocycles. The summed E-state index contributed by atoms with van der Waals surface area (Å²) in [4.78, 5) is 21.4. The van der Waals surface area contributed by atoms with Gasteiger partial charge in [0.1, 0.15) is 5.75 Å². The van der Waals surface area contributed by atoms with Crippen molar-refractivity contribution in [2.75, 3.05) is 13.7 Å². The molecule has 33 heavy (non-hydrogen) atoms. The minimum atomic E-state index is -0.306. The molecule has 5 rings (SSSR count). The van der Waals surface area contributed by atoms with E-state index in [-0.39, 0.29) is 11.9 Å². The van der Waals surface area contributed by atoms with Crippen molar-refractivity contribution in [1.29, 1.82) is 0 Å². The van der Waals surface area contributed by atoms with Crippen molar-refractivity contribution in [3.8, 4) is 22.9 Å². The molecule has 10 heteroatoms. The number of amides is 1. The molecular weight excluding hydrogens is 444 g/mol. The third kappa shape index (κ3) is 4.07. The average Bonchev–Trinajstić information content (AvgIpc) is 3.59. The van der Waals surface area contributed by atoms with Crippen LogP contribution in [0.2, 0.25) is 5.02 Å². The van der Waals surface area contributed by atoms with Gasteiger partial charge in [0.25, 0.3) is 11.8 Å². The first-order valence-electron chi connectivity index (χ1n) is 10.5. The number of aromatic nitrogens is 5. The molecule has 2 aromatic heterocycles. The molecule has 0 saturated carbocycles. The number of rotatable bonds is 5. The van der Waals surface area contributed by atoms with Crippen molar-refractivity contribution in [1.82, 2.24) is 30.0 Å². The van der Waals surface area contributed by atoms with Crippen molar-refractivity contribution in [3.05, 3.63) is 70.8 Å². The molecule has 1 amide bonds. The quantitative estimate of drug-likeness (QED) is 0.435. The number of nitrogens with zero attached hydrogens (tertiary/aromatic N) is 6. The SMILES string of the molecule is COc1cc(C)cc(-c2nc(C3CCCN3C(=O)c3cc(Cl)ccc3-n3nccn3)no2)c1. The van der Waals surface area contributed by atoms with Crippen LogP contribution in [0.15, 0.2) is 53.3 Å². The highest BCUT2D eigenvalue weighted by atomic mass is 35.5. The summed E-state index contributed by atoms with van der Waals surface area (Å²) in [6.07, 6.45) is 4.68. The molecule has 0 aliphatic carbocycles. The Kier molecular flexibility index (Phi) is 5.55. The van der Waals surface area contributed by atoms with E-state index >= 15 is 0 Å². The third-order valence-electron chi connectivity index (χ3n) is 5.61. The molecule has 0 spiro atoms. The topological polar surface area (TPSA) is 99.2 Å². The monoisotopic (exact) mass is 464 g/mol. The molecule has 168 valence electrons. The Morgan fingerprint density at radius 2 is 2.00 bits per heavy atom. The molecule has 1 atom stereocenters. The number of halogens is 1. The molecule has 1 aliphatic heterocycles. The lowest BCUT2D eigenvalue weighted by atomic mass is 10.1. The standard InChI is InChI=1S/C23H21ClN6O3/c1-14-10-15(12-17(11-14)32-2)22-27-21(28-33-22)20-4-3-9-29(20)23(31)18-13-16(24)5-6-19(18)30-25-7-8-26-30/h5-8,10-13,20H,3-4,9H2,1-2H3. The van der Waals surface area contributed by atoms with E-state index in [0.29, 0.717) is 40.3 Å². The highest BCUT2D eigenvalue weighted by Gasteiger charge is 2.35. The molecule has 4 aromatic rings. The number of carbonyl (C=O) groups excluding carboxylic acids is 1. The zero-order chi connectivity index (χ0) is 22.9. The fourth-order valence-electron chi connectivity index (χ4n) is 4.10. The number of benzene rings is 2. The second-order valence-corrected chi connectivity index (χ2v) is 8.27. The van der Waals surface area contributed by atoms with Crippen LogP contribution < -0.4 is 4.74 Å². The molecule has 0 N–H and O–H groups in total. The van der Waals surface area contributed by atoms with Gasteiger partial charge in [0, 0.05) is 17.1 Å². The predicted octanol–water partition coefficient (Wildman–Crippen LogP) is 4.27. The van der Waals surface area contributed by atoms with Gasteiger partial charge in [-0.2, -0.15) is 20.0 Å². The molecular formula is C23H21ClN6O3. The van der Waals surface area contributed by atoms with Crippen LogP contribution in [0.3, 0.4) is 0 Å². The van der Waals surface area contributed by atoms with E-state index in [9.17, 15) is 4.79 Å². The van der Waals surface area contributed by atoms with Crippen LogP contribution in [0.4, 0.5) is 0 Å². The summed E-state index contributed by atoms with van der Waals surface area (Å²) < 4.78 is 10.9. The Morgan fingerprint density at radius 3 is 2.79 bits per heavy atom. The van der Waals surface area contributed by atoms with Crippen LogP contribution in [0, 0.1) is 6.92 Å². The Labute approximate surface area is 194 Å². The van der Waals surface area contributed by atoms with Crippen molar-refractivity contribution < 1.29 is 14.1 Å². The number of ether oxygens (including phenoxy) is 1. The predicted molar refractivity (Wildman–Crippen MR) is 120 cm³/mol. The molecule has 3 heterocycles. The van der Waals surface area contributed by atoms with Gasteiger partial charge in [0.2, 0.25) is 0 Å². The molecule has 1 saturated heterocycles. The van der Waals surface area contributed by atoms with E-state index in [1.54, 1.807) is 42.6 Å². The van der Waals surface area contributed by atoms with Gasteiger partial charge in [-0.3, -0.25) is 4.79 Å². The van der Waals surface area contributed by atoms with Gasteiger partial charge in [0.15, 0.2) is 5.82 Å². The van der Waals surface area contributed by atoms with Crippen LogP contribution in [0.1, 0.15) is 40.6 Å². The van der Waals surface area contributed by atoms with Gasteiger partial charge < -0.3 is 14.2 Å². The van der Waals surface area contributed by atoms with Crippen molar-refractivity contribution in [3.63, 3.8) is 0 Å². The molecule has 9 nitrogen and oxygen atoms in total. The molecule has 0 bridgehead atoms. The van der Waals surface area contributed by atoms with Crippen LogP contribution >= 0.6 is 11.6 Å². The van der Waals surface area contributed by atoms with E-state index in [2.05, 4.69) is 20.3 Å². The number of hydrogen-bond acceptors (Lipinski definition) is 7. The summed E-state index contributed by atoms with van der Waals surface area (Å²) in [6.45, 7) is 2.54. The molecule has 1 unspecified atom stereocenters. The van der Waals surface area contributed by atoms with Gasteiger partial charge >= 0.3 is 0 Å². The van der Waals surface area contributed by atoms with Gasteiger partial charge in [-0.15, -0.1) is 0 Å². The zero-order valence-corrected chi connectivity index (χ0v) is 18.9. The first-order valence-corrected chi connectivity index (χ1v) is 10.9. The lowest BCUT2D eigenvalue weighted by Gasteiger charge is -2.23. The minimum Gasteiger partial charge on any atom is -0.497 e. The third-order valence-corrected chi connectivity index (χ3v) is 5.85. The van der Waals surface area contributed by atoms with Gasteiger partial charge in [-0.25, -0.2) is 0 Å². The number of likely N-dealkylation sites (tertiary alicyclic amines) is 1. The van der Waals surface area contributed by atoms with Crippen LogP contribution in [0.5, 0.6) is 5.75 Å². The first kappa shape index (κ1) is 21.1. The normalized spacial score (nSPS) is 15.7. The first-order chi connectivity index (χ1) is 16.0. The van der Waals surface area contributed by atoms with Crippen molar-refractivity contribution in [2.45, 2.75) is 25.8 Å². The summed E-state index contributed by atoms with van der Waals surface area (Å²) in [5.41, 5.74) is 2.75. The Morgan fingerprint density at radius 1 is 1.18 bits per heavy atom. The van der Waals surface area contributed by atoms with E-state index in [0.717, 1.165) is 24.0 Å². The van der Waals surface area contributed by atoms with Gasteiger partial charge in [0.05, 0.1) is 36.8 Å². The van der Waals surface area contributed by atoms with Gasteiger partial charge in [-0.05, 0) is 61.7 Å². The Bertz CT molecular complexity index is 1300. The van der Waals surface area contributed by atoms with E-state index in [4.69, 9.17) is 20.9 Å². The number of methoxy groups -OCH3 is 1. The largest absolute Gasteiger partial charge is 0.497 e. The smallest absolute Gasteiger partial charge is 0.258 e. The fourth-order valence-corrected chi connectivity index (χ4v) is 4.28. The summed E-state index contributed by atoms with van der Waals surface area (Å²) in [5, 5.41) is 13.0. The number of carbonyl (C=O) groups is 1. The van der Waals surface area contributed by atoms with E-state index in [1.807, 2.05) is 25.1 Å². The molecule has 0 radical (unpaired) electrons. The maximum atomic E-state index is 13.6. The van der Waals surface area contributed by atoms with Crippen LogP contribution in [-0.4, -0.2) is 49.6 Å². The maximum absolute atomic E-state index is 13.6. The summed E-state index contributed by atoms with van der Waals surface area (Å²) >= 11 is 6.22. The lowest BCUT2D eigenvalue weighted by molar-refractivity contribution is 0.0728. The summed E-state index contributed by atoms with van der Waals surface area (Å²) in [7, 11) is 1.61. The lowest BCUT2D eigenvalue weighted by Crippen LogP contribution is -2.32. The summed E-state index contributed by atoms with van der Waals surface area (Å²) in [5.74, 6) is 1.38. The minimum absolute atomic E-state index is 0.184. The van der Waals surface area contributed by atoms with Crippen molar-refractivity contribution >= 4 is 17.5 Å². The summed E-state index contributed by atoms with van der Waals surface area (Å²) in [6, 6.07) is 10.5. The average molecular weight is 465 g/mol. The highest BCUT2D eigenvalue weighted by Crippen LogP contribution is 2.34. The molecule has 1 aliphatic rings. The zero-order valence-electron chi connectivity index (χ0n) is 18.1. The van der Waals surface area contributed by atoms with E-state index in [1.165, 1.54) is 4.80 Å². The Balaban J connectivity index is 1.46. The van der Waals surface area contributed by atoms with Crippen LogP contribution in [-0.2, 0) is 0 Å². The molecule has 1 fully saturated rings. The second-order valence-electron chi connectivity index (χ2n) is 7.83. The van der Waals surface area contributed by atoms with Crippen molar-refractivity contribution in [2.24, 2.45) is 0 Å². The maximum Gasteiger partial charge on any atom is 0.258 e. The highest BCUT2D eigenvalue weighted by molar-refractivity contribution is 6.31. The number of aryl methyl sites for hydroxylation is 1. The van der Waals surface area contributed by atoms with E-state index < -0.39 is 0 Å². The Hall–Kier alpha value is -3.72.